The highest BCUT2D eigenvalue weighted by Crippen LogP contribution is 2.25. The topological polar surface area (TPSA) is 87.6 Å². The summed E-state index contributed by atoms with van der Waals surface area (Å²) in [4.78, 5) is 14.1. The van der Waals surface area contributed by atoms with Crippen LogP contribution in [0.4, 0.5) is 4.39 Å². The molecule has 1 aliphatic heterocycles. The van der Waals surface area contributed by atoms with Gasteiger partial charge in [-0.2, -0.15) is 4.31 Å². The van der Waals surface area contributed by atoms with Crippen molar-refractivity contribution in [2.45, 2.75) is 23.8 Å². The molecule has 1 aromatic heterocycles. The molecule has 0 aliphatic carbocycles. The molecular weight excluding hydrogens is 263 g/mol. The Morgan fingerprint density at radius 3 is 2.83 bits per heavy atom. The number of hydrogen-bond donors (Lipinski definition) is 1. The van der Waals surface area contributed by atoms with Crippen molar-refractivity contribution >= 4 is 16.0 Å². The minimum absolute atomic E-state index is 0.121. The second-order valence-corrected chi connectivity index (χ2v) is 5.84. The van der Waals surface area contributed by atoms with Crippen LogP contribution in [-0.4, -0.2) is 41.4 Å². The fraction of sp³-hybridized carbons (Fsp3) is 0.400. The van der Waals surface area contributed by atoms with E-state index >= 15 is 0 Å². The molecule has 1 aromatic rings. The molecule has 0 spiro atoms. The lowest BCUT2D eigenvalue weighted by atomic mass is 10.2. The molecule has 1 atom stereocenters. The van der Waals surface area contributed by atoms with Crippen LogP contribution in [0.2, 0.25) is 0 Å². The Hall–Kier alpha value is -1.54. The highest BCUT2D eigenvalue weighted by atomic mass is 32.2. The van der Waals surface area contributed by atoms with Crippen LogP contribution < -0.4 is 0 Å². The summed E-state index contributed by atoms with van der Waals surface area (Å²) >= 11 is 0. The van der Waals surface area contributed by atoms with Crippen LogP contribution in [0.25, 0.3) is 0 Å². The Labute approximate surface area is 103 Å². The third-order valence-electron chi connectivity index (χ3n) is 2.78. The number of sulfonamides is 1. The van der Waals surface area contributed by atoms with Gasteiger partial charge in [0.25, 0.3) is 0 Å². The number of carbonyl (C=O) groups is 1. The van der Waals surface area contributed by atoms with Gasteiger partial charge in [-0.1, -0.05) is 0 Å². The van der Waals surface area contributed by atoms with Gasteiger partial charge in [-0.3, -0.25) is 9.78 Å². The molecule has 1 fully saturated rings. The van der Waals surface area contributed by atoms with Gasteiger partial charge in [-0.05, 0) is 18.9 Å². The van der Waals surface area contributed by atoms with E-state index in [9.17, 15) is 17.6 Å². The average Bonchev–Trinajstić information content (AvgIpc) is 2.78. The summed E-state index contributed by atoms with van der Waals surface area (Å²) in [6, 6.07) is -0.252. The normalized spacial score (nSPS) is 21.1. The fourth-order valence-corrected chi connectivity index (χ4v) is 3.57. The first-order valence-electron chi connectivity index (χ1n) is 5.28. The van der Waals surface area contributed by atoms with Crippen molar-refractivity contribution in [3.8, 4) is 0 Å². The number of halogens is 1. The molecule has 0 bridgehead atoms. The van der Waals surface area contributed by atoms with Crippen molar-refractivity contribution in [1.82, 2.24) is 9.29 Å². The number of aromatic nitrogens is 1. The maximum atomic E-state index is 13.0. The zero-order valence-electron chi connectivity index (χ0n) is 9.28. The summed E-state index contributed by atoms with van der Waals surface area (Å²) in [6.45, 7) is 0.121. The van der Waals surface area contributed by atoms with Crippen molar-refractivity contribution in [2.75, 3.05) is 6.54 Å². The van der Waals surface area contributed by atoms with Crippen molar-refractivity contribution < 1.29 is 22.7 Å². The summed E-state index contributed by atoms with van der Waals surface area (Å²) < 4.78 is 38.2. The van der Waals surface area contributed by atoms with E-state index in [1.165, 1.54) is 0 Å². The lowest BCUT2D eigenvalue weighted by molar-refractivity contribution is -0.140. The lowest BCUT2D eigenvalue weighted by Gasteiger charge is -2.20. The summed E-state index contributed by atoms with van der Waals surface area (Å²) in [5.41, 5.74) is 0. The van der Waals surface area contributed by atoms with E-state index < -0.39 is 27.9 Å². The van der Waals surface area contributed by atoms with Gasteiger partial charge in [-0.15, -0.1) is 0 Å². The summed E-state index contributed by atoms with van der Waals surface area (Å²) in [7, 11) is -4.01. The largest absolute Gasteiger partial charge is 0.480 e. The van der Waals surface area contributed by atoms with E-state index in [0.717, 1.165) is 22.8 Å². The van der Waals surface area contributed by atoms with Crippen LogP contribution in [-0.2, 0) is 14.8 Å². The molecule has 6 nitrogen and oxygen atoms in total. The van der Waals surface area contributed by atoms with E-state index in [-0.39, 0.29) is 17.9 Å². The van der Waals surface area contributed by atoms with Crippen molar-refractivity contribution in [1.29, 1.82) is 0 Å². The van der Waals surface area contributed by atoms with Crippen LogP contribution in [0, 0.1) is 5.82 Å². The van der Waals surface area contributed by atoms with Crippen molar-refractivity contribution in [2.24, 2.45) is 0 Å². The molecule has 1 aliphatic rings. The number of pyridine rings is 1. The molecule has 1 N–H and O–H groups in total. The third kappa shape index (κ3) is 2.21. The SMILES string of the molecule is O=C(O)[C@@H]1CCCN1S(=O)(=O)c1cncc(F)c1. The zero-order chi connectivity index (χ0) is 13.3. The second kappa shape index (κ2) is 4.62. The number of rotatable bonds is 3. The monoisotopic (exact) mass is 274 g/mol. The van der Waals surface area contributed by atoms with Crippen LogP contribution >= 0.6 is 0 Å². The van der Waals surface area contributed by atoms with E-state index in [4.69, 9.17) is 5.11 Å². The molecule has 8 heteroatoms. The fourth-order valence-electron chi connectivity index (χ4n) is 1.94. The summed E-state index contributed by atoms with van der Waals surface area (Å²) in [5, 5.41) is 8.95. The summed E-state index contributed by atoms with van der Waals surface area (Å²) in [5.74, 6) is -1.97. The average molecular weight is 274 g/mol. The van der Waals surface area contributed by atoms with Gasteiger partial charge in [0, 0.05) is 12.7 Å². The van der Waals surface area contributed by atoms with Gasteiger partial charge in [0.1, 0.15) is 16.8 Å². The number of aliphatic carboxylic acids is 1. The molecule has 0 amide bonds. The molecule has 0 aromatic carbocycles. The van der Waals surface area contributed by atoms with Gasteiger partial charge in [0.15, 0.2) is 0 Å². The van der Waals surface area contributed by atoms with E-state index in [1.54, 1.807) is 0 Å². The first-order valence-corrected chi connectivity index (χ1v) is 6.72. The molecule has 1 saturated heterocycles. The zero-order valence-corrected chi connectivity index (χ0v) is 10.1. The van der Waals surface area contributed by atoms with Crippen LogP contribution in [0.5, 0.6) is 0 Å². The van der Waals surface area contributed by atoms with E-state index in [2.05, 4.69) is 4.98 Å². The van der Waals surface area contributed by atoms with E-state index in [0.29, 0.717) is 6.42 Å². The number of carboxylic acids is 1. The Morgan fingerprint density at radius 2 is 2.22 bits per heavy atom. The van der Waals surface area contributed by atoms with E-state index in [1.807, 2.05) is 0 Å². The molecule has 18 heavy (non-hydrogen) atoms. The highest BCUT2D eigenvalue weighted by molar-refractivity contribution is 7.89. The minimum atomic E-state index is -4.01. The number of carboxylic acid groups (broad SMARTS) is 1. The van der Waals surface area contributed by atoms with Crippen LogP contribution in [0.1, 0.15) is 12.8 Å². The van der Waals surface area contributed by atoms with Gasteiger partial charge in [-0.25, -0.2) is 12.8 Å². The first-order chi connectivity index (χ1) is 8.43. The molecule has 0 saturated carbocycles. The first kappa shape index (κ1) is 12.9. The maximum Gasteiger partial charge on any atom is 0.322 e. The number of nitrogens with zero attached hydrogens (tertiary/aromatic N) is 2. The quantitative estimate of drug-likeness (QED) is 0.865. The molecule has 0 unspecified atom stereocenters. The van der Waals surface area contributed by atoms with Crippen molar-refractivity contribution in [3.63, 3.8) is 0 Å². The Kier molecular flexibility index (Phi) is 3.31. The predicted molar refractivity (Wildman–Crippen MR) is 58.7 cm³/mol. The highest BCUT2D eigenvalue weighted by Gasteiger charge is 2.39. The van der Waals surface area contributed by atoms with Crippen molar-refractivity contribution in [3.05, 3.63) is 24.3 Å². The predicted octanol–water partition coefficient (Wildman–Crippen LogP) is 0.458. The standard InChI is InChI=1S/C10H11FN2O4S/c11-7-4-8(6-12-5-7)18(16,17)13-3-1-2-9(13)10(14)15/h4-6,9H,1-3H2,(H,14,15)/t9-/m0/s1. The van der Waals surface area contributed by atoms with Crippen LogP contribution in [0.15, 0.2) is 23.4 Å². The molecule has 0 radical (unpaired) electrons. The molecular formula is C10H11FN2O4S. The van der Waals surface area contributed by atoms with Crippen LogP contribution in [0.3, 0.4) is 0 Å². The smallest absolute Gasteiger partial charge is 0.322 e. The Balaban J connectivity index is 2.40. The number of hydrogen-bond acceptors (Lipinski definition) is 4. The Bertz CT molecular complexity index is 575. The second-order valence-electron chi connectivity index (χ2n) is 3.95. The van der Waals surface area contributed by atoms with Gasteiger partial charge < -0.3 is 5.11 Å². The molecule has 2 heterocycles. The van der Waals surface area contributed by atoms with Gasteiger partial charge in [0.2, 0.25) is 10.0 Å². The lowest BCUT2D eigenvalue weighted by Crippen LogP contribution is -2.40. The van der Waals surface area contributed by atoms with Gasteiger partial charge >= 0.3 is 5.97 Å². The minimum Gasteiger partial charge on any atom is -0.480 e. The van der Waals surface area contributed by atoms with Gasteiger partial charge in [0.05, 0.1) is 6.20 Å². The third-order valence-corrected chi connectivity index (χ3v) is 4.65. The molecule has 98 valence electrons. The maximum absolute atomic E-state index is 13.0. The Morgan fingerprint density at radius 1 is 1.50 bits per heavy atom. The molecule has 2 rings (SSSR count). The summed E-state index contributed by atoms with van der Waals surface area (Å²) in [6.07, 6.45) is 2.63.